The standard InChI is InChI=1S/C12H17BrN2O2/c1-8(2)7-12(3,17)11(16)15-9-4-5-14-10(13)6-9/h4-6,8,17H,7H2,1-3H3,(H,14,15,16). The fraction of sp³-hybridized carbons (Fsp3) is 0.500. The third-order valence-corrected chi connectivity index (χ3v) is 2.71. The van der Waals surface area contributed by atoms with Crippen LogP contribution in [0.5, 0.6) is 0 Å². The van der Waals surface area contributed by atoms with E-state index in [1.807, 2.05) is 13.8 Å². The molecule has 94 valence electrons. The van der Waals surface area contributed by atoms with Crippen LogP contribution in [-0.4, -0.2) is 21.6 Å². The number of halogens is 1. The van der Waals surface area contributed by atoms with Gasteiger partial charge >= 0.3 is 0 Å². The lowest BCUT2D eigenvalue weighted by molar-refractivity contribution is -0.133. The number of carbonyl (C=O) groups is 1. The molecule has 1 unspecified atom stereocenters. The van der Waals surface area contributed by atoms with Crippen LogP contribution in [0.1, 0.15) is 27.2 Å². The number of rotatable bonds is 4. The van der Waals surface area contributed by atoms with Gasteiger partial charge in [-0.2, -0.15) is 0 Å². The molecule has 1 aromatic heterocycles. The van der Waals surface area contributed by atoms with E-state index >= 15 is 0 Å². The van der Waals surface area contributed by atoms with Crippen molar-refractivity contribution in [3.05, 3.63) is 22.9 Å². The van der Waals surface area contributed by atoms with E-state index in [9.17, 15) is 9.90 Å². The molecule has 0 radical (unpaired) electrons. The van der Waals surface area contributed by atoms with Gasteiger partial charge in [-0.05, 0) is 47.3 Å². The minimum Gasteiger partial charge on any atom is -0.380 e. The second kappa shape index (κ2) is 5.60. The molecule has 4 nitrogen and oxygen atoms in total. The lowest BCUT2D eigenvalue weighted by Crippen LogP contribution is -2.41. The number of hydrogen-bond donors (Lipinski definition) is 2. The van der Waals surface area contributed by atoms with Crippen LogP contribution >= 0.6 is 15.9 Å². The molecule has 1 rings (SSSR count). The average Bonchev–Trinajstić information content (AvgIpc) is 2.15. The first kappa shape index (κ1) is 14.1. The zero-order chi connectivity index (χ0) is 13.1. The molecule has 1 atom stereocenters. The van der Waals surface area contributed by atoms with Crippen LogP contribution in [0.4, 0.5) is 5.69 Å². The predicted octanol–water partition coefficient (Wildman–Crippen LogP) is 2.58. The van der Waals surface area contributed by atoms with Crippen molar-refractivity contribution < 1.29 is 9.90 Å². The summed E-state index contributed by atoms with van der Waals surface area (Å²) in [4.78, 5) is 15.8. The Morgan fingerprint density at radius 1 is 1.65 bits per heavy atom. The van der Waals surface area contributed by atoms with Gasteiger partial charge in [0.05, 0.1) is 0 Å². The average molecular weight is 301 g/mol. The molecular weight excluding hydrogens is 284 g/mol. The Hall–Kier alpha value is -0.940. The molecule has 17 heavy (non-hydrogen) atoms. The van der Waals surface area contributed by atoms with Gasteiger partial charge in [-0.25, -0.2) is 4.98 Å². The van der Waals surface area contributed by atoms with E-state index < -0.39 is 11.5 Å². The van der Waals surface area contributed by atoms with E-state index in [4.69, 9.17) is 0 Å². The third kappa shape index (κ3) is 4.44. The van der Waals surface area contributed by atoms with E-state index in [0.717, 1.165) is 0 Å². The van der Waals surface area contributed by atoms with Gasteiger partial charge in [0.25, 0.3) is 5.91 Å². The Bertz CT molecular complexity index is 405. The van der Waals surface area contributed by atoms with E-state index in [2.05, 4.69) is 26.2 Å². The summed E-state index contributed by atoms with van der Waals surface area (Å²) >= 11 is 3.22. The monoisotopic (exact) mass is 300 g/mol. The molecule has 1 aromatic rings. The van der Waals surface area contributed by atoms with Crippen LogP contribution in [0.15, 0.2) is 22.9 Å². The summed E-state index contributed by atoms with van der Waals surface area (Å²) in [6.07, 6.45) is 2.00. The van der Waals surface area contributed by atoms with Crippen molar-refractivity contribution in [1.82, 2.24) is 4.98 Å². The number of amides is 1. The largest absolute Gasteiger partial charge is 0.380 e. The summed E-state index contributed by atoms with van der Waals surface area (Å²) in [6.45, 7) is 5.45. The van der Waals surface area contributed by atoms with Crippen LogP contribution in [0.3, 0.4) is 0 Å². The van der Waals surface area contributed by atoms with Crippen molar-refractivity contribution in [2.45, 2.75) is 32.8 Å². The summed E-state index contributed by atoms with van der Waals surface area (Å²) in [7, 11) is 0. The summed E-state index contributed by atoms with van der Waals surface area (Å²) in [6, 6.07) is 3.36. The number of nitrogens with one attached hydrogen (secondary N) is 1. The van der Waals surface area contributed by atoms with Crippen molar-refractivity contribution in [3.8, 4) is 0 Å². The van der Waals surface area contributed by atoms with Gasteiger partial charge in [0, 0.05) is 11.9 Å². The van der Waals surface area contributed by atoms with Crippen LogP contribution in [-0.2, 0) is 4.79 Å². The first-order chi connectivity index (χ1) is 7.81. The molecule has 1 amide bonds. The normalized spacial score (nSPS) is 14.5. The van der Waals surface area contributed by atoms with Gasteiger partial charge in [-0.15, -0.1) is 0 Å². The van der Waals surface area contributed by atoms with Gasteiger partial charge in [0.15, 0.2) is 0 Å². The molecule has 5 heteroatoms. The van der Waals surface area contributed by atoms with Crippen molar-refractivity contribution in [3.63, 3.8) is 0 Å². The minimum atomic E-state index is -1.36. The summed E-state index contributed by atoms with van der Waals surface area (Å²) in [5, 5.41) is 12.7. The van der Waals surface area contributed by atoms with Crippen molar-refractivity contribution in [1.29, 1.82) is 0 Å². The van der Waals surface area contributed by atoms with Gasteiger partial charge in [0.1, 0.15) is 10.2 Å². The topological polar surface area (TPSA) is 62.2 Å². The number of aliphatic hydroxyl groups is 1. The fourth-order valence-electron chi connectivity index (χ4n) is 1.63. The summed E-state index contributed by atoms with van der Waals surface area (Å²) in [5.41, 5.74) is -0.745. The number of carbonyl (C=O) groups excluding carboxylic acids is 1. The maximum absolute atomic E-state index is 11.9. The highest BCUT2D eigenvalue weighted by Crippen LogP contribution is 2.19. The lowest BCUT2D eigenvalue weighted by atomic mass is 9.93. The fourth-order valence-corrected chi connectivity index (χ4v) is 2.00. The number of anilines is 1. The molecule has 0 aliphatic heterocycles. The van der Waals surface area contributed by atoms with Crippen LogP contribution in [0, 0.1) is 5.92 Å². The van der Waals surface area contributed by atoms with Crippen molar-refractivity contribution >= 4 is 27.5 Å². The number of nitrogens with zero attached hydrogens (tertiary/aromatic N) is 1. The SMILES string of the molecule is CC(C)CC(C)(O)C(=O)Nc1ccnc(Br)c1. The van der Waals surface area contributed by atoms with E-state index in [-0.39, 0.29) is 5.92 Å². The highest BCUT2D eigenvalue weighted by Gasteiger charge is 2.30. The minimum absolute atomic E-state index is 0.250. The Labute approximate surface area is 110 Å². The van der Waals surface area contributed by atoms with Gasteiger partial charge in [0.2, 0.25) is 0 Å². The van der Waals surface area contributed by atoms with E-state index in [0.29, 0.717) is 16.7 Å². The lowest BCUT2D eigenvalue weighted by Gasteiger charge is -2.24. The maximum atomic E-state index is 11.9. The zero-order valence-corrected chi connectivity index (χ0v) is 11.8. The summed E-state index contributed by atoms with van der Waals surface area (Å²) < 4.78 is 0.638. The summed E-state index contributed by atoms with van der Waals surface area (Å²) in [5.74, 6) is -0.149. The molecule has 1 heterocycles. The van der Waals surface area contributed by atoms with Crippen molar-refractivity contribution in [2.75, 3.05) is 5.32 Å². The third-order valence-electron chi connectivity index (χ3n) is 2.28. The number of aromatic nitrogens is 1. The molecule has 0 aromatic carbocycles. The zero-order valence-electron chi connectivity index (χ0n) is 10.2. The highest BCUT2D eigenvalue weighted by molar-refractivity contribution is 9.10. The van der Waals surface area contributed by atoms with Gasteiger partial charge in [-0.1, -0.05) is 13.8 Å². The van der Waals surface area contributed by atoms with Gasteiger partial charge < -0.3 is 10.4 Å². The van der Waals surface area contributed by atoms with E-state index in [1.165, 1.54) is 6.92 Å². The Morgan fingerprint density at radius 3 is 2.82 bits per heavy atom. The molecule has 0 saturated heterocycles. The number of hydrogen-bond acceptors (Lipinski definition) is 3. The van der Waals surface area contributed by atoms with Crippen LogP contribution < -0.4 is 5.32 Å². The molecule has 0 fully saturated rings. The van der Waals surface area contributed by atoms with Crippen molar-refractivity contribution in [2.24, 2.45) is 5.92 Å². The molecular formula is C12H17BrN2O2. The predicted molar refractivity (Wildman–Crippen MR) is 70.6 cm³/mol. The first-order valence-electron chi connectivity index (χ1n) is 5.46. The Morgan fingerprint density at radius 2 is 2.29 bits per heavy atom. The first-order valence-corrected chi connectivity index (χ1v) is 6.26. The van der Waals surface area contributed by atoms with Gasteiger partial charge in [-0.3, -0.25) is 4.79 Å². The second-order valence-corrected chi connectivity index (χ2v) is 5.51. The molecule has 0 aliphatic carbocycles. The number of pyridine rings is 1. The Balaban J connectivity index is 2.72. The molecule has 0 bridgehead atoms. The molecule has 2 N–H and O–H groups in total. The smallest absolute Gasteiger partial charge is 0.256 e. The molecule has 0 saturated carbocycles. The second-order valence-electron chi connectivity index (χ2n) is 4.69. The molecule has 0 spiro atoms. The highest BCUT2D eigenvalue weighted by atomic mass is 79.9. The Kier molecular flexibility index (Phi) is 4.65. The van der Waals surface area contributed by atoms with Crippen LogP contribution in [0.25, 0.3) is 0 Å². The van der Waals surface area contributed by atoms with Crippen LogP contribution in [0.2, 0.25) is 0 Å². The maximum Gasteiger partial charge on any atom is 0.256 e. The molecule has 0 aliphatic rings. The van der Waals surface area contributed by atoms with E-state index in [1.54, 1.807) is 18.3 Å². The quantitative estimate of drug-likeness (QED) is 0.840.